The Morgan fingerprint density at radius 2 is 1.84 bits per heavy atom. The van der Waals surface area contributed by atoms with Gasteiger partial charge in [-0.25, -0.2) is 23.9 Å². The maximum Gasteiger partial charge on any atom is 0.154 e. The molecule has 1 atom stereocenters. The van der Waals surface area contributed by atoms with Crippen molar-refractivity contribution in [3.05, 3.63) is 49.2 Å². The van der Waals surface area contributed by atoms with Crippen LogP contribution in [0.5, 0.6) is 0 Å². The van der Waals surface area contributed by atoms with E-state index in [1.165, 1.54) is 0 Å². The number of rotatable bonds is 6. The van der Waals surface area contributed by atoms with E-state index in [1.807, 2.05) is 11.6 Å². The minimum atomic E-state index is -2.81. The third kappa shape index (κ3) is 3.81. The number of nitrogens with zero attached hydrogens (tertiary/aromatic N) is 5. The number of benzene rings is 1. The van der Waals surface area contributed by atoms with Gasteiger partial charge in [0.05, 0.1) is 39.5 Å². The van der Waals surface area contributed by atoms with E-state index in [1.54, 1.807) is 70.1 Å². The first kappa shape index (κ1) is 20.7. The number of imidazole rings is 1. The Bertz CT molecular complexity index is 1340. The van der Waals surface area contributed by atoms with Crippen LogP contribution in [-0.4, -0.2) is 41.0 Å². The van der Waals surface area contributed by atoms with E-state index < -0.39 is 9.73 Å². The van der Waals surface area contributed by atoms with Crippen molar-refractivity contribution in [1.29, 1.82) is 4.78 Å². The SMILES string of the molecule is CNc1nc(Nc2ccc([S@](=N)(=O)C(C)C)cc2)cnc1-c1cncc2c1ncn2C. The Morgan fingerprint density at radius 3 is 2.52 bits per heavy atom. The molecule has 0 aliphatic rings. The van der Waals surface area contributed by atoms with Crippen molar-refractivity contribution in [2.45, 2.75) is 24.0 Å². The number of aromatic nitrogens is 5. The zero-order chi connectivity index (χ0) is 22.2. The molecule has 0 amide bonds. The Morgan fingerprint density at radius 1 is 1.10 bits per heavy atom. The molecule has 1 aromatic carbocycles. The van der Waals surface area contributed by atoms with E-state index in [0.717, 1.165) is 22.3 Å². The molecule has 0 aliphatic heterocycles. The zero-order valence-corrected chi connectivity index (χ0v) is 18.6. The lowest BCUT2D eigenvalue weighted by Gasteiger charge is -2.13. The highest BCUT2D eigenvalue weighted by Crippen LogP contribution is 2.30. The van der Waals surface area contributed by atoms with Crippen LogP contribution in [0.2, 0.25) is 0 Å². The highest BCUT2D eigenvalue weighted by atomic mass is 32.2. The molecule has 9 nitrogen and oxygen atoms in total. The molecule has 0 unspecified atom stereocenters. The third-order valence-corrected chi connectivity index (χ3v) is 7.34. The molecule has 3 heterocycles. The molecular weight excluding hydrogens is 412 g/mol. The van der Waals surface area contributed by atoms with Gasteiger partial charge in [0.25, 0.3) is 0 Å². The first-order valence-corrected chi connectivity index (χ1v) is 11.4. The standard InChI is InChI=1S/C21H24N8OS/c1-13(2)31(22,30)15-7-5-14(6-8-15)27-18-11-25-20(21(23-3)28-18)16-9-24-10-17-19(16)26-12-29(17)4/h5-13,22H,1-4H3,(H2,23,27,28)/t31-/m1/s1. The number of pyridine rings is 1. The molecular formula is C21H24N8OS. The lowest BCUT2D eigenvalue weighted by Crippen LogP contribution is -2.12. The molecule has 0 saturated carbocycles. The second kappa shape index (κ2) is 7.95. The van der Waals surface area contributed by atoms with Crippen molar-refractivity contribution >= 4 is 38.1 Å². The molecule has 0 aliphatic carbocycles. The topological polar surface area (TPSA) is 121 Å². The summed E-state index contributed by atoms with van der Waals surface area (Å²) in [6.45, 7) is 3.58. The molecule has 160 valence electrons. The highest BCUT2D eigenvalue weighted by molar-refractivity contribution is 7.93. The summed E-state index contributed by atoms with van der Waals surface area (Å²) in [6, 6.07) is 7.01. The first-order valence-electron chi connectivity index (χ1n) is 9.76. The lowest BCUT2D eigenvalue weighted by atomic mass is 10.1. The largest absolute Gasteiger partial charge is 0.371 e. The predicted molar refractivity (Wildman–Crippen MR) is 123 cm³/mol. The Balaban J connectivity index is 1.65. The molecule has 31 heavy (non-hydrogen) atoms. The van der Waals surface area contributed by atoms with Crippen LogP contribution in [0.3, 0.4) is 0 Å². The first-order chi connectivity index (χ1) is 14.8. The van der Waals surface area contributed by atoms with Crippen molar-refractivity contribution in [2.24, 2.45) is 7.05 Å². The average Bonchev–Trinajstić information content (AvgIpc) is 3.15. The zero-order valence-electron chi connectivity index (χ0n) is 17.7. The fourth-order valence-electron chi connectivity index (χ4n) is 3.20. The minimum Gasteiger partial charge on any atom is -0.371 e. The van der Waals surface area contributed by atoms with Crippen molar-refractivity contribution in [3.8, 4) is 11.3 Å². The quantitative estimate of drug-likeness (QED) is 0.417. The molecule has 0 radical (unpaired) electrons. The van der Waals surface area contributed by atoms with Gasteiger partial charge in [-0.2, -0.15) is 0 Å². The monoisotopic (exact) mass is 436 g/mol. The maximum absolute atomic E-state index is 12.5. The van der Waals surface area contributed by atoms with Crippen molar-refractivity contribution < 1.29 is 4.21 Å². The van der Waals surface area contributed by atoms with Gasteiger partial charge in [-0.05, 0) is 38.1 Å². The minimum absolute atomic E-state index is 0.249. The predicted octanol–water partition coefficient (Wildman–Crippen LogP) is 4.02. The second-order valence-corrected chi connectivity index (χ2v) is 10.0. The summed E-state index contributed by atoms with van der Waals surface area (Å²) < 4.78 is 22.5. The molecule has 10 heteroatoms. The van der Waals surface area contributed by atoms with E-state index in [0.29, 0.717) is 22.2 Å². The smallest absolute Gasteiger partial charge is 0.154 e. The molecule has 3 N–H and O–H groups in total. The summed E-state index contributed by atoms with van der Waals surface area (Å²) in [5.74, 6) is 1.15. The van der Waals surface area contributed by atoms with E-state index in [2.05, 4.69) is 30.6 Å². The average molecular weight is 437 g/mol. The highest BCUT2D eigenvalue weighted by Gasteiger charge is 2.16. The molecule has 0 saturated heterocycles. The third-order valence-electron chi connectivity index (χ3n) is 5.04. The molecule has 3 aromatic heterocycles. The summed E-state index contributed by atoms with van der Waals surface area (Å²) in [7, 11) is 0.898. The lowest BCUT2D eigenvalue weighted by molar-refractivity contribution is 0.667. The number of fused-ring (bicyclic) bond motifs is 1. The summed E-state index contributed by atoms with van der Waals surface area (Å²) in [5.41, 5.74) is 3.94. The fraction of sp³-hybridized carbons (Fsp3) is 0.238. The van der Waals surface area contributed by atoms with E-state index in [4.69, 9.17) is 4.78 Å². The van der Waals surface area contributed by atoms with Crippen LogP contribution in [0, 0.1) is 4.78 Å². The summed E-state index contributed by atoms with van der Waals surface area (Å²) in [5, 5.41) is 6.05. The Labute approximate surface area is 181 Å². The molecule has 4 aromatic rings. The van der Waals surface area contributed by atoms with Gasteiger partial charge in [0.1, 0.15) is 11.2 Å². The molecule has 0 fully saturated rings. The molecule has 0 spiro atoms. The van der Waals surface area contributed by atoms with Crippen LogP contribution < -0.4 is 10.6 Å². The Hall–Kier alpha value is -3.53. The summed E-state index contributed by atoms with van der Waals surface area (Å²) in [4.78, 5) is 18.5. The van der Waals surface area contributed by atoms with Crippen LogP contribution >= 0.6 is 0 Å². The van der Waals surface area contributed by atoms with Crippen molar-refractivity contribution in [3.63, 3.8) is 0 Å². The van der Waals surface area contributed by atoms with Crippen molar-refractivity contribution in [2.75, 3.05) is 17.7 Å². The van der Waals surface area contributed by atoms with Gasteiger partial charge < -0.3 is 15.2 Å². The van der Waals surface area contributed by atoms with Gasteiger partial charge in [-0.15, -0.1) is 0 Å². The summed E-state index contributed by atoms with van der Waals surface area (Å²) in [6.07, 6.45) is 6.90. The van der Waals surface area contributed by atoms with Crippen LogP contribution in [0.25, 0.3) is 22.3 Å². The van der Waals surface area contributed by atoms with Crippen LogP contribution in [0.1, 0.15) is 13.8 Å². The number of nitrogens with one attached hydrogen (secondary N) is 3. The van der Waals surface area contributed by atoms with Crippen LogP contribution in [0.15, 0.2) is 54.1 Å². The second-order valence-electron chi connectivity index (χ2n) is 7.41. The van der Waals surface area contributed by atoms with Gasteiger partial charge in [-0.1, -0.05) is 0 Å². The van der Waals surface area contributed by atoms with Crippen LogP contribution in [0.4, 0.5) is 17.3 Å². The van der Waals surface area contributed by atoms with Crippen LogP contribution in [-0.2, 0) is 16.8 Å². The number of hydrogen-bond donors (Lipinski definition) is 3. The fourth-order valence-corrected chi connectivity index (χ4v) is 4.28. The van der Waals surface area contributed by atoms with E-state index >= 15 is 0 Å². The molecule has 4 rings (SSSR count). The number of anilines is 3. The molecule has 0 bridgehead atoms. The van der Waals surface area contributed by atoms with E-state index in [-0.39, 0.29) is 5.25 Å². The van der Waals surface area contributed by atoms with E-state index in [9.17, 15) is 4.21 Å². The van der Waals surface area contributed by atoms with Gasteiger partial charge in [0.15, 0.2) is 11.6 Å². The van der Waals surface area contributed by atoms with Gasteiger partial charge >= 0.3 is 0 Å². The Kier molecular flexibility index (Phi) is 5.32. The summed E-state index contributed by atoms with van der Waals surface area (Å²) >= 11 is 0. The maximum atomic E-state index is 12.5. The van der Waals surface area contributed by atoms with Crippen molar-refractivity contribution in [1.82, 2.24) is 24.5 Å². The van der Waals surface area contributed by atoms with Gasteiger partial charge in [0.2, 0.25) is 0 Å². The van der Waals surface area contributed by atoms with Gasteiger partial charge in [0, 0.05) is 36.1 Å². The normalized spacial score (nSPS) is 13.3. The number of hydrogen-bond acceptors (Lipinski definition) is 8. The van der Waals surface area contributed by atoms with Gasteiger partial charge in [-0.3, -0.25) is 4.98 Å². The number of aryl methyl sites for hydroxylation is 1.